The Morgan fingerprint density at radius 3 is 2.62 bits per heavy atom. The standard InChI is InChI=1S/C16H21FN2O2/c1-3-15(20)18-12-6-8-19(9-7-12)16(21)13-10-11(2)4-5-14(13)17/h4-5,10,12H,3,6-9H2,1-2H3,(H,18,20). The molecule has 0 radical (unpaired) electrons. The average molecular weight is 292 g/mol. The van der Waals surface area contributed by atoms with Crippen LogP contribution in [0.2, 0.25) is 0 Å². The molecule has 1 heterocycles. The van der Waals surface area contributed by atoms with Gasteiger partial charge in [-0.25, -0.2) is 4.39 Å². The Balaban J connectivity index is 1.97. The zero-order valence-electron chi connectivity index (χ0n) is 12.5. The van der Waals surface area contributed by atoms with Crippen LogP contribution in [0.15, 0.2) is 18.2 Å². The molecule has 1 aliphatic rings. The van der Waals surface area contributed by atoms with Gasteiger partial charge in [0.2, 0.25) is 5.91 Å². The SMILES string of the molecule is CCC(=O)NC1CCN(C(=O)c2cc(C)ccc2F)CC1. The number of nitrogens with zero attached hydrogens (tertiary/aromatic N) is 1. The molecule has 114 valence electrons. The van der Waals surface area contributed by atoms with E-state index in [2.05, 4.69) is 5.32 Å². The van der Waals surface area contributed by atoms with Crippen molar-refractivity contribution in [2.24, 2.45) is 0 Å². The first kappa shape index (κ1) is 15.5. The number of rotatable bonds is 3. The molecule has 0 aromatic heterocycles. The van der Waals surface area contributed by atoms with Crippen LogP contribution in [0.1, 0.15) is 42.1 Å². The Morgan fingerprint density at radius 1 is 1.33 bits per heavy atom. The zero-order chi connectivity index (χ0) is 15.4. The van der Waals surface area contributed by atoms with Crippen LogP contribution in [0.25, 0.3) is 0 Å². The number of piperidine rings is 1. The molecule has 2 amide bonds. The highest BCUT2D eigenvalue weighted by Gasteiger charge is 2.25. The van der Waals surface area contributed by atoms with Gasteiger partial charge in [-0.1, -0.05) is 18.6 Å². The molecule has 4 nitrogen and oxygen atoms in total. The summed E-state index contributed by atoms with van der Waals surface area (Å²) >= 11 is 0. The van der Waals surface area contributed by atoms with Crippen molar-refractivity contribution < 1.29 is 14.0 Å². The van der Waals surface area contributed by atoms with Gasteiger partial charge in [-0.05, 0) is 31.9 Å². The van der Waals surface area contributed by atoms with E-state index in [0.29, 0.717) is 32.4 Å². The molecule has 0 bridgehead atoms. The van der Waals surface area contributed by atoms with Gasteiger partial charge in [0.05, 0.1) is 5.56 Å². The van der Waals surface area contributed by atoms with Crippen molar-refractivity contribution in [1.29, 1.82) is 0 Å². The molecule has 5 heteroatoms. The van der Waals surface area contributed by atoms with Crippen molar-refractivity contribution in [2.45, 2.75) is 39.2 Å². The fourth-order valence-electron chi connectivity index (χ4n) is 2.53. The summed E-state index contributed by atoms with van der Waals surface area (Å²) < 4.78 is 13.8. The maximum absolute atomic E-state index is 13.8. The van der Waals surface area contributed by atoms with Gasteiger partial charge in [-0.3, -0.25) is 9.59 Å². The molecule has 2 rings (SSSR count). The summed E-state index contributed by atoms with van der Waals surface area (Å²) in [4.78, 5) is 25.4. The van der Waals surface area contributed by atoms with Crippen LogP contribution >= 0.6 is 0 Å². The summed E-state index contributed by atoms with van der Waals surface area (Å²) in [6, 6.07) is 4.68. The highest BCUT2D eigenvalue weighted by atomic mass is 19.1. The molecule has 1 saturated heterocycles. The largest absolute Gasteiger partial charge is 0.353 e. The summed E-state index contributed by atoms with van der Waals surface area (Å²) in [6.07, 6.45) is 1.89. The van der Waals surface area contributed by atoms with E-state index in [-0.39, 0.29) is 23.4 Å². The van der Waals surface area contributed by atoms with Gasteiger partial charge in [0.15, 0.2) is 0 Å². The maximum atomic E-state index is 13.8. The first-order chi connectivity index (χ1) is 10.0. The molecule has 1 fully saturated rings. The van der Waals surface area contributed by atoms with Crippen LogP contribution in [-0.2, 0) is 4.79 Å². The number of carbonyl (C=O) groups is 2. The minimum Gasteiger partial charge on any atom is -0.353 e. The van der Waals surface area contributed by atoms with E-state index >= 15 is 0 Å². The maximum Gasteiger partial charge on any atom is 0.256 e. The number of amides is 2. The average Bonchev–Trinajstić information content (AvgIpc) is 2.49. The topological polar surface area (TPSA) is 49.4 Å². The number of aryl methyl sites for hydroxylation is 1. The van der Waals surface area contributed by atoms with Crippen LogP contribution in [0.3, 0.4) is 0 Å². The number of hydrogen-bond acceptors (Lipinski definition) is 2. The summed E-state index contributed by atoms with van der Waals surface area (Å²) in [6.45, 7) is 4.74. The van der Waals surface area contributed by atoms with Gasteiger partial charge in [-0.15, -0.1) is 0 Å². The third kappa shape index (κ3) is 3.80. The summed E-state index contributed by atoms with van der Waals surface area (Å²) in [5, 5.41) is 2.94. The van der Waals surface area contributed by atoms with E-state index in [4.69, 9.17) is 0 Å². The molecule has 1 aromatic rings. The Morgan fingerprint density at radius 2 is 2.00 bits per heavy atom. The van der Waals surface area contributed by atoms with E-state index in [1.165, 1.54) is 6.07 Å². The van der Waals surface area contributed by atoms with Crippen LogP contribution < -0.4 is 5.32 Å². The van der Waals surface area contributed by atoms with Crippen molar-refractivity contribution in [3.8, 4) is 0 Å². The lowest BCUT2D eigenvalue weighted by Gasteiger charge is -2.32. The Kier molecular flexibility index (Phi) is 4.94. The van der Waals surface area contributed by atoms with Gasteiger partial charge in [-0.2, -0.15) is 0 Å². The quantitative estimate of drug-likeness (QED) is 0.929. The zero-order valence-corrected chi connectivity index (χ0v) is 12.5. The lowest BCUT2D eigenvalue weighted by atomic mass is 10.0. The van der Waals surface area contributed by atoms with E-state index in [1.807, 2.05) is 13.8 Å². The molecule has 1 aliphatic heterocycles. The van der Waals surface area contributed by atoms with Gasteiger partial charge < -0.3 is 10.2 Å². The van der Waals surface area contributed by atoms with Crippen molar-refractivity contribution in [1.82, 2.24) is 10.2 Å². The van der Waals surface area contributed by atoms with Gasteiger partial charge in [0.1, 0.15) is 5.82 Å². The summed E-state index contributed by atoms with van der Waals surface area (Å²) in [7, 11) is 0. The molecule has 21 heavy (non-hydrogen) atoms. The van der Waals surface area contributed by atoms with Crippen LogP contribution in [0, 0.1) is 12.7 Å². The molecule has 0 atom stereocenters. The monoisotopic (exact) mass is 292 g/mol. The van der Waals surface area contributed by atoms with E-state index in [9.17, 15) is 14.0 Å². The Hall–Kier alpha value is -1.91. The smallest absolute Gasteiger partial charge is 0.256 e. The Bertz CT molecular complexity index is 537. The molecular formula is C16H21FN2O2. The highest BCUT2D eigenvalue weighted by molar-refractivity contribution is 5.94. The number of carbonyl (C=O) groups excluding carboxylic acids is 2. The first-order valence-electron chi connectivity index (χ1n) is 7.36. The number of likely N-dealkylation sites (tertiary alicyclic amines) is 1. The predicted molar refractivity (Wildman–Crippen MR) is 78.5 cm³/mol. The van der Waals surface area contributed by atoms with Crippen LogP contribution in [-0.4, -0.2) is 35.8 Å². The van der Waals surface area contributed by atoms with Gasteiger partial charge >= 0.3 is 0 Å². The van der Waals surface area contributed by atoms with Crippen LogP contribution in [0.5, 0.6) is 0 Å². The van der Waals surface area contributed by atoms with E-state index in [1.54, 1.807) is 17.0 Å². The number of halogens is 1. The molecule has 0 saturated carbocycles. The second kappa shape index (κ2) is 6.70. The first-order valence-corrected chi connectivity index (χ1v) is 7.36. The molecule has 1 N–H and O–H groups in total. The van der Waals surface area contributed by atoms with Gasteiger partial charge in [0.25, 0.3) is 5.91 Å². The fourth-order valence-corrected chi connectivity index (χ4v) is 2.53. The van der Waals surface area contributed by atoms with E-state index in [0.717, 1.165) is 5.56 Å². The second-order valence-corrected chi connectivity index (χ2v) is 5.47. The second-order valence-electron chi connectivity index (χ2n) is 5.47. The van der Waals surface area contributed by atoms with Crippen molar-refractivity contribution in [2.75, 3.05) is 13.1 Å². The van der Waals surface area contributed by atoms with E-state index < -0.39 is 5.82 Å². The summed E-state index contributed by atoms with van der Waals surface area (Å²) in [5.41, 5.74) is 0.996. The van der Waals surface area contributed by atoms with Gasteiger partial charge in [0, 0.05) is 25.6 Å². The minimum absolute atomic E-state index is 0.0319. The minimum atomic E-state index is -0.480. The van der Waals surface area contributed by atoms with Crippen molar-refractivity contribution >= 4 is 11.8 Å². The molecular weight excluding hydrogens is 271 g/mol. The third-order valence-electron chi connectivity index (χ3n) is 3.82. The molecule has 1 aromatic carbocycles. The molecule has 0 aliphatic carbocycles. The molecule has 0 unspecified atom stereocenters. The highest BCUT2D eigenvalue weighted by Crippen LogP contribution is 2.17. The summed E-state index contributed by atoms with van der Waals surface area (Å²) in [5.74, 6) is -0.715. The predicted octanol–water partition coefficient (Wildman–Crippen LogP) is 2.26. The fraction of sp³-hybridized carbons (Fsp3) is 0.500. The lowest BCUT2D eigenvalue weighted by Crippen LogP contribution is -2.46. The molecule has 0 spiro atoms. The van der Waals surface area contributed by atoms with Crippen LogP contribution in [0.4, 0.5) is 4.39 Å². The number of benzene rings is 1. The van der Waals surface area contributed by atoms with Crippen molar-refractivity contribution in [3.05, 3.63) is 35.1 Å². The lowest BCUT2D eigenvalue weighted by molar-refractivity contribution is -0.121. The third-order valence-corrected chi connectivity index (χ3v) is 3.82. The number of hydrogen-bond donors (Lipinski definition) is 1. The Labute approximate surface area is 124 Å². The normalized spacial score (nSPS) is 15.9. The number of nitrogens with one attached hydrogen (secondary N) is 1. The van der Waals surface area contributed by atoms with Crippen molar-refractivity contribution in [3.63, 3.8) is 0 Å².